The van der Waals surface area contributed by atoms with Crippen molar-refractivity contribution < 1.29 is 14.3 Å². The highest BCUT2D eigenvalue weighted by atomic mass is 16.5. The Morgan fingerprint density at radius 1 is 1.31 bits per heavy atom. The molecule has 2 aliphatic heterocycles. The number of fused-ring (bicyclic) bond motifs is 3. The summed E-state index contributed by atoms with van der Waals surface area (Å²) in [6.07, 6.45) is 0. The molecule has 0 N–H and O–H groups in total. The van der Waals surface area contributed by atoms with Crippen molar-refractivity contribution in [3.63, 3.8) is 0 Å². The van der Waals surface area contributed by atoms with Crippen LogP contribution in [0.4, 0.5) is 5.82 Å². The number of methoxy groups -OCH3 is 1. The molecule has 0 radical (unpaired) electrons. The highest BCUT2D eigenvalue weighted by molar-refractivity contribution is 6.18. The maximum absolute atomic E-state index is 13.0. The lowest BCUT2D eigenvalue weighted by Gasteiger charge is -2.31. The third-order valence-corrected chi connectivity index (χ3v) is 4.73. The van der Waals surface area contributed by atoms with Crippen molar-refractivity contribution in [1.29, 1.82) is 0 Å². The zero-order valence-corrected chi connectivity index (χ0v) is 14.8. The van der Waals surface area contributed by atoms with Crippen molar-refractivity contribution in [1.82, 2.24) is 14.5 Å². The highest BCUT2D eigenvalue weighted by Crippen LogP contribution is 2.32. The van der Waals surface area contributed by atoms with Gasteiger partial charge in [0.15, 0.2) is 17.6 Å². The van der Waals surface area contributed by atoms with Crippen molar-refractivity contribution in [3.8, 4) is 0 Å². The Morgan fingerprint density at radius 3 is 2.73 bits per heavy atom. The lowest BCUT2D eigenvalue weighted by Crippen LogP contribution is -2.49. The second-order valence-electron chi connectivity index (χ2n) is 6.35. The van der Waals surface area contributed by atoms with Gasteiger partial charge in [-0.1, -0.05) is 30.3 Å². The quantitative estimate of drug-likeness (QED) is 0.771. The molecule has 0 aliphatic carbocycles. The van der Waals surface area contributed by atoms with E-state index in [0.29, 0.717) is 30.6 Å². The predicted octanol–water partition coefficient (Wildman–Crippen LogP) is 1.04. The van der Waals surface area contributed by atoms with Crippen LogP contribution in [0.2, 0.25) is 0 Å². The van der Waals surface area contributed by atoms with Gasteiger partial charge in [-0.05, 0) is 12.5 Å². The van der Waals surface area contributed by atoms with E-state index in [2.05, 4.69) is 9.98 Å². The third kappa shape index (κ3) is 2.37. The molecule has 8 heteroatoms. The van der Waals surface area contributed by atoms with E-state index in [1.54, 1.807) is 7.05 Å². The smallest absolute Gasteiger partial charge is 0.332 e. The number of amides is 1. The Bertz CT molecular complexity index is 918. The van der Waals surface area contributed by atoms with E-state index in [4.69, 9.17) is 4.74 Å². The molecule has 0 saturated heterocycles. The van der Waals surface area contributed by atoms with Gasteiger partial charge in [0.25, 0.3) is 5.91 Å². The van der Waals surface area contributed by atoms with Crippen LogP contribution in [0, 0.1) is 6.92 Å². The number of aryl methyl sites for hydroxylation is 1. The molecular formula is C18H19N5O3. The Balaban J connectivity index is 1.76. The Morgan fingerprint density at radius 2 is 2.04 bits per heavy atom. The molecule has 2 aliphatic rings. The second-order valence-corrected chi connectivity index (χ2v) is 6.35. The number of esters is 1. The van der Waals surface area contributed by atoms with Gasteiger partial charge in [-0.3, -0.25) is 14.6 Å². The van der Waals surface area contributed by atoms with Gasteiger partial charge in [0.2, 0.25) is 5.96 Å². The first-order valence-electron chi connectivity index (χ1n) is 8.33. The van der Waals surface area contributed by atoms with Crippen molar-refractivity contribution in [2.24, 2.45) is 4.99 Å². The number of carbonyl (C=O) groups is 2. The van der Waals surface area contributed by atoms with Gasteiger partial charge < -0.3 is 9.30 Å². The number of imidazole rings is 1. The molecule has 0 bridgehead atoms. The molecule has 1 aromatic carbocycles. The zero-order chi connectivity index (χ0) is 18.4. The van der Waals surface area contributed by atoms with E-state index >= 15 is 0 Å². The number of hydrogen-bond donors (Lipinski definition) is 0. The summed E-state index contributed by atoms with van der Waals surface area (Å²) in [6.45, 7) is 2.74. The standard InChI is InChI=1S/C18H19N5O3/c1-11-19-15-14(22(11)9-12-7-5-4-6-8-12)16(24)21(2)18-20-13(10-23(15)18)17(25)26-3/h4-8,13H,9-10H2,1-3H3. The molecule has 4 rings (SSSR count). The van der Waals surface area contributed by atoms with E-state index in [0.717, 1.165) is 11.4 Å². The number of carbonyl (C=O) groups excluding carboxylic acids is 2. The molecule has 26 heavy (non-hydrogen) atoms. The maximum Gasteiger partial charge on any atom is 0.332 e. The van der Waals surface area contributed by atoms with Gasteiger partial charge in [0, 0.05) is 13.6 Å². The van der Waals surface area contributed by atoms with Crippen LogP contribution >= 0.6 is 0 Å². The Labute approximate surface area is 150 Å². The number of hydrogen-bond acceptors (Lipinski definition) is 6. The van der Waals surface area contributed by atoms with Crippen molar-refractivity contribution >= 4 is 23.7 Å². The minimum atomic E-state index is -0.657. The van der Waals surface area contributed by atoms with Crippen LogP contribution in [-0.4, -0.2) is 59.0 Å². The lowest BCUT2D eigenvalue weighted by molar-refractivity contribution is -0.141. The number of guanidine groups is 1. The van der Waals surface area contributed by atoms with Crippen LogP contribution in [0.1, 0.15) is 21.9 Å². The molecule has 3 heterocycles. The van der Waals surface area contributed by atoms with Gasteiger partial charge in [0.05, 0.1) is 13.7 Å². The van der Waals surface area contributed by atoms with Crippen LogP contribution in [-0.2, 0) is 16.1 Å². The summed E-state index contributed by atoms with van der Waals surface area (Å²) < 4.78 is 6.70. The largest absolute Gasteiger partial charge is 0.467 e. The van der Waals surface area contributed by atoms with Gasteiger partial charge in [-0.2, -0.15) is 0 Å². The average molecular weight is 353 g/mol. The number of ether oxygens (including phenoxy) is 1. The number of anilines is 1. The topological polar surface area (TPSA) is 80.0 Å². The first-order valence-corrected chi connectivity index (χ1v) is 8.33. The fraction of sp³-hybridized carbons (Fsp3) is 0.333. The number of aliphatic imine (C=N–C) groups is 1. The van der Waals surface area contributed by atoms with Gasteiger partial charge in [-0.15, -0.1) is 0 Å². The highest BCUT2D eigenvalue weighted by Gasteiger charge is 2.44. The molecule has 8 nitrogen and oxygen atoms in total. The molecular weight excluding hydrogens is 334 g/mol. The summed E-state index contributed by atoms with van der Waals surface area (Å²) in [7, 11) is 2.99. The number of benzene rings is 1. The first kappa shape index (κ1) is 16.3. The van der Waals surface area contributed by atoms with Crippen molar-refractivity contribution in [2.45, 2.75) is 19.5 Å². The number of nitrogens with zero attached hydrogens (tertiary/aromatic N) is 5. The maximum atomic E-state index is 13.0. The van der Waals surface area contributed by atoms with Crippen molar-refractivity contribution in [2.75, 3.05) is 25.6 Å². The van der Waals surface area contributed by atoms with E-state index in [9.17, 15) is 9.59 Å². The van der Waals surface area contributed by atoms with Gasteiger partial charge in [0.1, 0.15) is 5.82 Å². The molecule has 134 valence electrons. The number of aromatic nitrogens is 2. The summed E-state index contributed by atoms with van der Waals surface area (Å²) in [4.78, 5) is 37.1. The SMILES string of the molecule is COC(=O)C1CN2C(=N1)N(C)C(=O)c1c2nc(C)n1Cc1ccccc1. The Kier molecular flexibility index (Phi) is 3.75. The molecule has 1 unspecified atom stereocenters. The molecule has 0 saturated carbocycles. The monoisotopic (exact) mass is 353 g/mol. The van der Waals surface area contributed by atoms with E-state index in [1.807, 2.05) is 46.7 Å². The average Bonchev–Trinajstić information content (AvgIpc) is 3.23. The molecule has 1 amide bonds. The molecule has 0 spiro atoms. The van der Waals surface area contributed by atoms with E-state index in [1.165, 1.54) is 12.0 Å². The van der Waals surface area contributed by atoms with Crippen molar-refractivity contribution in [3.05, 3.63) is 47.4 Å². The van der Waals surface area contributed by atoms with Gasteiger partial charge >= 0.3 is 5.97 Å². The van der Waals surface area contributed by atoms with Crippen LogP contribution in [0.25, 0.3) is 0 Å². The predicted molar refractivity (Wildman–Crippen MR) is 95.2 cm³/mol. The van der Waals surface area contributed by atoms with E-state index < -0.39 is 12.0 Å². The summed E-state index contributed by atoms with van der Waals surface area (Å²) in [5.41, 5.74) is 1.60. The van der Waals surface area contributed by atoms with Crippen LogP contribution in [0.15, 0.2) is 35.3 Å². The third-order valence-electron chi connectivity index (χ3n) is 4.73. The summed E-state index contributed by atoms with van der Waals surface area (Å²) in [5.74, 6) is 1.11. The fourth-order valence-electron chi connectivity index (χ4n) is 3.37. The summed E-state index contributed by atoms with van der Waals surface area (Å²) in [5, 5.41) is 0. The fourth-order valence-corrected chi connectivity index (χ4v) is 3.37. The minimum absolute atomic E-state index is 0.183. The summed E-state index contributed by atoms with van der Waals surface area (Å²) >= 11 is 0. The van der Waals surface area contributed by atoms with Crippen LogP contribution in [0.3, 0.4) is 0 Å². The molecule has 0 fully saturated rings. The molecule has 1 atom stereocenters. The van der Waals surface area contributed by atoms with Gasteiger partial charge in [-0.25, -0.2) is 14.8 Å². The van der Waals surface area contributed by atoms with E-state index in [-0.39, 0.29) is 5.91 Å². The van der Waals surface area contributed by atoms with Crippen LogP contribution in [0.5, 0.6) is 0 Å². The summed E-state index contributed by atoms with van der Waals surface area (Å²) in [6, 6.07) is 9.26. The minimum Gasteiger partial charge on any atom is -0.467 e. The Hall–Kier alpha value is -3.16. The zero-order valence-electron chi connectivity index (χ0n) is 14.8. The molecule has 2 aromatic rings. The molecule has 1 aromatic heterocycles. The first-order chi connectivity index (χ1) is 12.5. The number of rotatable bonds is 3. The normalized spacial score (nSPS) is 18.5. The lowest BCUT2D eigenvalue weighted by atomic mass is 10.2. The van der Waals surface area contributed by atoms with Crippen LogP contribution < -0.4 is 4.90 Å². The second kappa shape index (κ2) is 5.98.